The molecule has 3 aromatic rings. The van der Waals surface area contributed by atoms with Crippen LogP contribution in [0.5, 0.6) is 0 Å². The number of likely N-dealkylation sites (tertiary alicyclic amines) is 1. The lowest BCUT2D eigenvalue weighted by Crippen LogP contribution is -2.38. The molecule has 1 aliphatic rings. The van der Waals surface area contributed by atoms with Crippen LogP contribution >= 0.6 is 0 Å². The molecule has 3 heterocycles. The van der Waals surface area contributed by atoms with E-state index in [9.17, 15) is 4.79 Å². The maximum atomic E-state index is 12.8. The van der Waals surface area contributed by atoms with Crippen molar-refractivity contribution in [3.8, 4) is 0 Å². The molecule has 1 saturated heterocycles. The standard InChI is InChI=1S/C17H17N5O/c23-17(16-11-18-14-6-1-2-7-15(14)20-16)22-10-3-5-13(22)12-21-9-4-8-19-21/h1-2,4,6-9,11,13H,3,5,10,12H2. The molecule has 2 aromatic heterocycles. The second kappa shape index (κ2) is 5.79. The van der Waals surface area contributed by atoms with Crippen LogP contribution in [-0.2, 0) is 6.54 Å². The summed E-state index contributed by atoms with van der Waals surface area (Å²) in [4.78, 5) is 23.5. The second-order valence-corrected chi connectivity index (χ2v) is 5.77. The van der Waals surface area contributed by atoms with Gasteiger partial charge in [0.05, 0.1) is 29.8 Å². The number of carbonyl (C=O) groups is 1. The van der Waals surface area contributed by atoms with Crippen molar-refractivity contribution in [2.45, 2.75) is 25.4 Å². The molecule has 0 aliphatic carbocycles. The molecule has 1 aliphatic heterocycles. The fourth-order valence-electron chi connectivity index (χ4n) is 3.12. The van der Waals surface area contributed by atoms with E-state index >= 15 is 0 Å². The van der Waals surface area contributed by atoms with Gasteiger partial charge < -0.3 is 4.90 Å². The van der Waals surface area contributed by atoms with E-state index in [1.54, 1.807) is 12.4 Å². The van der Waals surface area contributed by atoms with E-state index in [1.807, 2.05) is 46.1 Å². The van der Waals surface area contributed by atoms with Gasteiger partial charge in [0.15, 0.2) is 0 Å². The van der Waals surface area contributed by atoms with E-state index in [1.165, 1.54) is 0 Å². The maximum absolute atomic E-state index is 12.8. The Bertz CT molecular complexity index is 830. The predicted octanol–water partition coefficient (Wildman–Crippen LogP) is 2.13. The molecule has 1 unspecified atom stereocenters. The minimum absolute atomic E-state index is 0.0436. The second-order valence-electron chi connectivity index (χ2n) is 5.77. The van der Waals surface area contributed by atoms with Gasteiger partial charge in [0, 0.05) is 18.9 Å². The molecule has 6 nitrogen and oxygen atoms in total. The zero-order valence-electron chi connectivity index (χ0n) is 12.7. The van der Waals surface area contributed by atoms with E-state index in [-0.39, 0.29) is 11.9 Å². The Hall–Kier alpha value is -2.76. The third kappa shape index (κ3) is 2.67. The van der Waals surface area contributed by atoms with Crippen molar-refractivity contribution >= 4 is 16.9 Å². The summed E-state index contributed by atoms with van der Waals surface area (Å²) in [5.41, 5.74) is 1.97. The fourth-order valence-corrected chi connectivity index (χ4v) is 3.12. The summed E-state index contributed by atoms with van der Waals surface area (Å²) in [5, 5.41) is 4.24. The summed E-state index contributed by atoms with van der Waals surface area (Å²) in [6.07, 6.45) is 7.27. The van der Waals surface area contributed by atoms with Crippen molar-refractivity contribution in [3.05, 3.63) is 54.6 Å². The quantitative estimate of drug-likeness (QED) is 0.743. The molecular formula is C17H17N5O. The van der Waals surface area contributed by atoms with Gasteiger partial charge in [-0.05, 0) is 31.0 Å². The maximum Gasteiger partial charge on any atom is 0.274 e. The minimum Gasteiger partial charge on any atom is -0.332 e. The topological polar surface area (TPSA) is 63.9 Å². The van der Waals surface area contributed by atoms with Crippen molar-refractivity contribution in [1.29, 1.82) is 0 Å². The zero-order valence-corrected chi connectivity index (χ0v) is 12.7. The first-order valence-electron chi connectivity index (χ1n) is 7.81. The summed E-state index contributed by atoms with van der Waals surface area (Å²) >= 11 is 0. The van der Waals surface area contributed by atoms with Crippen molar-refractivity contribution in [3.63, 3.8) is 0 Å². The number of para-hydroxylation sites is 2. The summed E-state index contributed by atoms with van der Waals surface area (Å²) in [6.45, 7) is 1.49. The summed E-state index contributed by atoms with van der Waals surface area (Å²) in [5.74, 6) is -0.0436. The normalized spacial score (nSPS) is 17.7. The molecule has 1 amide bonds. The highest BCUT2D eigenvalue weighted by molar-refractivity contribution is 5.94. The Balaban J connectivity index is 1.58. The number of nitrogens with zero attached hydrogens (tertiary/aromatic N) is 5. The zero-order chi connectivity index (χ0) is 15.6. The van der Waals surface area contributed by atoms with E-state index in [0.29, 0.717) is 5.69 Å². The Morgan fingerprint density at radius 2 is 2.09 bits per heavy atom. The molecule has 6 heteroatoms. The first kappa shape index (κ1) is 13.9. The van der Waals surface area contributed by atoms with E-state index < -0.39 is 0 Å². The SMILES string of the molecule is O=C(c1cnc2ccccc2n1)N1CCCC1Cn1cccn1. The van der Waals surface area contributed by atoms with Gasteiger partial charge in [-0.3, -0.25) is 14.5 Å². The summed E-state index contributed by atoms with van der Waals surface area (Å²) in [7, 11) is 0. The number of rotatable bonds is 3. The number of fused-ring (bicyclic) bond motifs is 1. The highest BCUT2D eigenvalue weighted by Crippen LogP contribution is 2.21. The lowest BCUT2D eigenvalue weighted by atomic mass is 10.2. The van der Waals surface area contributed by atoms with Crippen LogP contribution in [0, 0.1) is 0 Å². The molecule has 1 aromatic carbocycles. The molecule has 4 rings (SSSR count). The summed E-state index contributed by atoms with van der Waals surface area (Å²) in [6, 6.07) is 9.66. The Labute approximate surface area is 133 Å². The van der Waals surface area contributed by atoms with Gasteiger partial charge in [-0.1, -0.05) is 12.1 Å². The first-order chi connectivity index (χ1) is 11.3. The van der Waals surface area contributed by atoms with Crippen LogP contribution in [0.15, 0.2) is 48.9 Å². The third-order valence-electron chi connectivity index (χ3n) is 4.26. The van der Waals surface area contributed by atoms with Crippen molar-refractivity contribution in [2.75, 3.05) is 6.54 Å². The van der Waals surface area contributed by atoms with Crippen LogP contribution in [0.3, 0.4) is 0 Å². The highest BCUT2D eigenvalue weighted by atomic mass is 16.2. The van der Waals surface area contributed by atoms with Crippen molar-refractivity contribution < 1.29 is 4.79 Å². The van der Waals surface area contributed by atoms with E-state index in [4.69, 9.17) is 0 Å². The number of aromatic nitrogens is 4. The fraction of sp³-hybridized carbons (Fsp3) is 0.294. The minimum atomic E-state index is -0.0436. The average Bonchev–Trinajstić information content (AvgIpc) is 3.26. The number of carbonyl (C=O) groups excluding carboxylic acids is 1. The molecule has 0 saturated carbocycles. The predicted molar refractivity (Wildman–Crippen MR) is 85.8 cm³/mol. The van der Waals surface area contributed by atoms with Gasteiger partial charge >= 0.3 is 0 Å². The first-order valence-corrected chi connectivity index (χ1v) is 7.81. The Kier molecular flexibility index (Phi) is 3.49. The van der Waals surface area contributed by atoms with Crippen molar-refractivity contribution in [2.24, 2.45) is 0 Å². The van der Waals surface area contributed by atoms with Gasteiger partial charge in [0.1, 0.15) is 5.69 Å². The number of amides is 1. The van der Waals surface area contributed by atoms with Crippen LogP contribution in [0.2, 0.25) is 0 Å². The van der Waals surface area contributed by atoms with Gasteiger partial charge in [-0.2, -0.15) is 5.10 Å². The van der Waals surface area contributed by atoms with Crippen LogP contribution < -0.4 is 0 Å². The molecule has 0 N–H and O–H groups in total. The smallest absolute Gasteiger partial charge is 0.274 e. The molecular weight excluding hydrogens is 290 g/mol. The van der Waals surface area contributed by atoms with Gasteiger partial charge in [0.25, 0.3) is 5.91 Å². The van der Waals surface area contributed by atoms with Gasteiger partial charge in [-0.15, -0.1) is 0 Å². The lowest BCUT2D eigenvalue weighted by molar-refractivity contribution is 0.0715. The molecule has 23 heavy (non-hydrogen) atoms. The van der Waals surface area contributed by atoms with Crippen LogP contribution in [0.25, 0.3) is 11.0 Å². The highest BCUT2D eigenvalue weighted by Gasteiger charge is 2.30. The number of benzene rings is 1. The molecule has 0 spiro atoms. The summed E-state index contributed by atoms with van der Waals surface area (Å²) < 4.78 is 1.88. The number of hydrogen-bond acceptors (Lipinski definition) is 4. The van der Waals surface area contributed by atoms with Gasteiger partial charge in [-0.25, -0.2) is 4.98 Å². The lowest BCUT2D eigenvalue weighted by Gasteiger charge is -2.24. The van der Waals surface area contributed by atoms with Crippen LogP contribution in [0.4, 0.5) is 0 Å². The molecule has 116 valence electrons. The van der Waals surface area contributed by atoms with Gasteiger partial charge in [0.2, 0.25) is 0 Å². The van der Waals surface area contributed by atoms with E-state index in [0.717, 1.165) is 37.0 Å². The molecule has 1 atom stereocenters. The Morgan fingerprint density at radius 1 is 1.22 bits per heavy atom. The Morgan fingerprint density at radius 3 is 2.91 bits per heavy atom. The largest absolute Gasteiger partial charge is 0.332 e. The molecule has 1 fully saturated rings. The molecule has 0 bridgehead atoms. The van der Waals surface area contributed by atoms with Crippen molar-refractivity contribution in [1.82, 2.24) is 24.6 Å². The number of hydrogen-bond donors (Lipinski definition) is 0. The van der Waals surface area contributed by atoms with Crippen LogP contribution in [-0.4, -0.2) is 43.1 Å². The van der Waals surface area contributed by atoms with E-state index in [2.05, 4.69) is 15.1 Å². The average molecular weight is 307 g/mol. The van der Waals surface area contributed by atoms with Crippen LogP contribution in [0.1, 0.15) is 23.3 Å². The molecule has 0 radical (unpaired) electrons. The third-order valence-corrected chi connectivity index (χ3v) is 4.26. The monoisotopic (exact) mass is 307 g/mol.